The van der Waals surface area contributed by atoms with Crippen molar-refractivity contribution in [2.75, 3.05) is 7.05 Å². The molecule has 0 aromatic heterocycles. The standard InChI is InChI=1S/C13H21NO/c1-5-12(14-4)11-8-6-7-9-13(11)15-10(2)3/h6-10,12,14H,5H2,1-4H3. The van der Waals surface area contributed by atoms with Gasteiger partial charge in [-0.15, -0.1) is 0 Å². The van der Waals surface area contributed by atoms with Crippen molar-refractivity contribution in [2.24, 2.45) is 0 Å². The van der Waals surface area contributed by atoms with Gasteiger partial charge in [-0.25, -0.2) is 0 Å². The Kier molecular flexibility index (Phi) is 4.63. The van der Waals surface area contributed by atoms with Gasteiger partial charge in [-0.1, -0.05) is 25.1 Å². The van der Waals surface area contributed by atoms with Gasteiger partial charge in [-0.2, -0.15) is 0 Å². The molecular formula is C13H21NO. The van der Waals surface area contributed by atoms with Crippen molar-refractivity contribution in [1.82, 2.24) is 5.32 Å². The molecule has 0 aliphatic carbocycles. The van der Waals surface area contributed by atoms with Gasteiger partial charge in [-0.3, -0.25) is 0 Å². The second kappa shape index (κ2) is 5.76. The molecule has 0 saturated heterocycles. The minimum Gasteiger partial charge on any atom is -0.491 e. The van der Waals surface area contributed by atoms with Crippen LogP contribution in [0.2, 0.25) is 0 Å². The number of rotatable bonds is 5. The van der Waals surface area contributed by atoms with E-state index in [0.29, 0.717) is 6.04 Å². The quantitative estimate of drug-likeness (QED) is 0.801. The molecule has 0 saturated carbocycles. The molecule has 84 valence electrons. The van der Waals surface area contributed by atoms with Gasteiger partial charge in [-0.05, 0) is 33.4 Å². The summed E-state index contributed by atoms with van der Waals surface area (Å²) in [4.78, 5) is 0. The third-order valence-electron chi connectivity index (χ3n) is 2.41. The number of hydrogen-bond donors (Lipinski definition) is 1. The van der Waals surface area contributed by atoms with E-state index in [4.69, 9.17) is 4.74 Å². The van der Waals surface area contributed by atoms with E-state index < -0.39 is 0 Å². The molecule has 1 aromatic carbocycles. The Morgan fingerprint density at radius 2 is 1.93 bits per heavy atom. The molecular weight excluding hydrogens is 186 g/mol. The molecule has 1 aromatic rings. The molecule has 0 heterocycles. The Balaban J connectivity index is 2.94. The van der Waals surface area contributed by atoms with E-state index in [1.165, 1.54) is 5.56 Å². The average molecular weight is 207 g/mol. The van der Waals surface area contributed by atoms with Gasteiger partial charge >= 0.3 is 0 Å². The van der Waals surface area contributed by atoms with Crippen LogP contribution in [0, 0.1) is 0 Å². The molecule has 1 atom stereocenters. The number of nitrogens with one attached hydrogen (secondary N) is 1. The van der Waals surface area contributed by atoms with Crippen molar-refractivity contribution in [1.29, 1.82) is 0 Å². The number of hydrogen-bond acceptors (Lipinski definition) is 2. The predicted octanol–water partition coefficient (Wildman–Crippen LogP) is 3.14. The summed E-state index contributed by atoms with van der Waals surface area (Å²) in [6.45, 7) is 6.28. The smallest absolute Gasteiger partial charge is 0.124 e. The summed E-state index contributed by atoms with van der Waals surface area (Å²) in [5.41, 5.74) is 1.25. The minimum absolute atomic E-state index is 0.223. The Labute approximate surface area is 92.6 Å². The summed E-state index contributed by atoms with van der Waals surface area (Å²) >= 11 is 0. The van der Waals surface area contributed by atoms with Crippen molar-refractivity contribution >= 4 is 0 Å². The normalized spacial score (nSPS) is 12.9. The van der Waals surface area contributed by atoms with Crippen LogP contribution in [0.5, 0.6) is 5.75 Å². The van der Waals surface area contributed by atoms with Crippen LogP contribution in [0.1, 0.15) is 38.8 Å². The van der Waals surface area contributed by atoms with Crippen LogP contribution in [0.25, 0.3) is 0 Å². The van der Waals surface area contributed by atoms with Crippen molar-refractivity contribution in [2.45, 2.75) is 39.3 Å². The zero-order valence-electron chi connectivity index (χ0n) is 10.1. The molecule has 2 nitrogen and oxygen atoms in total. The molecule has 0 aliphatic heterocycles. The molecule has 0 bridgehead atoms. The molecule has 0 fully saturated rings. The summed E-state index contributed by atoms with van der Waals surface area (Å²) < 4.78 is 5.79. The molecule has 2 heteroatoms. The van der Waals surface area contributed by atoms with E-state index in [-0.39, 0.29) is 6.10 Å². The molecule has 0 radical (unpaired) electrons. The van der Waals surface area contributed by atoms with Crippen LogP contribution in [-0.2, 0) is 0 Å². The summed E-state index contributed by atoms with van der Waals surface area (Å²) in [6.07, 6.45) is 1.29. The SMILES string of the molecule is CCC(NC)c1ccccc1OC(C)C. The van der Waals surface area contributed by atoms with Crippen LogP contribution < -0.4 is 10.1 Å². The van der Waals surface area contributed by atoms with Crippen LogP contribution in [0.15, 0.2) is 24.3 Å². The van der Waals surface area contributed by atoms with Crippen molar-refractivity contribution in [3.63, 3.8) is 0 Å². The molecule has 0 amide bonds. The highest BCUT2D eigenvalue weighted by Crippen LogP contribution is 2.27. The first-order valence-corrected chi connectivity index (χ1v) is 5.61. The highest BCUT2D eigenvalue weighted by molar-refractivity contribution is 5.36. The Morgan fingerprint density at radius 3 is 2.47 bits per heavy atom. The van der Waals surface area contributed by atoms with Gasteiger partial charge in [0.1, 0.15) is 5.75 Å². The van der Waals surface area contributed by atoms with E-state index in [1.807, 2.05) is 19.2 Å². The van der Waals surface area contributed by atoms with Crippen LogP contribution >= 0.6 is 0 Å². The lowest BCUT2D eigenvalue weighted by atomic mass is 10.0. The maximum atomic E-state index is 5.79. The first-order valence-electron chi connectivity index (χ1n) is 5.61. The molecule has 1 unspecified atom stereocenters. The van der Waals surface area contributed by atoms with Gasteiger partial charge in [0, 0.05) is 11.6 Å². The van der Waals surface area contributed by atoms with E-state index in [1.54, 1.807) is 0 Å². The van der Waals surface area contributed by atoms with Gasteiger partial charge < -0.3 is 10.1 Å². The van der Waals surface area contributed by atoms with E-state index in [2.05, 4.69) is 38.2 Å². The van der Waals surface area contributed by atoms with Crippen LogP contribution in [0.4, 0.5) is 0 Å². The largest absolute Gasteiger partial charge is 0.491 e. The molecule has 0 spiro atoms. The Morgan fingerprint density at radius 1 is 1.27 bits per heavy atom. The third kappa shape index (κ3) is 3.24. The van der Waals surface area contributed by atoms with Crippen LogP contribution in [-0.4, -0.2) is 13.2 Å². The average Bonchev–Trinajstić information content (AvgIpc) is 2.21. The van der Waals surface area contributed by atoms with Gasteiger partial charge in [0.15, 0.2) is 0 Å². The van der Waals surface area contributed by atoms with Crippen molar-refractivity contribution in [3.8, 4) is 5.75 Å². The number of ether oxygens (including phenoxy) is 1. The fourth-order valence-corrected chi connectivity index (χ4v) is 1.71. The monoisotopic (exact) mass is 207 g/mol. The van der Waals surface area contributed by atoms with Gasteiger partial charge in [0.25, 0.3) is 0 Å². The summed E-state index contributed by atoms with van der Waals surface area (Å²) in [6, 6.07) is 8.61. The highest BCUT2D eigenvalue weighted by atomic mass is 16.5. The van der Waals surface area contributed by atoms with Crippen LogP contribution in [0.3, 0.4) is 0 Å². The maximum Gasteiger partial charge on any atom is 0.124 e. The highest BCUT2D eigenvalue weighted by Gasteiger charge is 2.12. The van der Waals surface area contributed by atoms with Gasteiger partial charge in [0.05, 0.1) is 6.10 Å². The lowest BCUT2D eigenvalue weighted by Gasteiger charge is -2.20. The van der Waals surface area contributed by atoms with Gasteiger partial charge in [0.2, 0.25) is 0 Å². The summed E-state index contributed by atoms with van der Waals surface area (Å²) in [5.74, 6) is 0.994. The first kappa shape index (κ1) is 12.1. The number of para-hydroxylation sites is 1. The topological polar surface area (TPSA) is 21.3 Å². The lowest BCUT2D eigenvalue weighted by Crippen LogP contribution is -2.17. The zero-order chi connectivity index (χ0) is 11.3. The Hall–Kier alpha value is -1.02. The maximum absolute atomic E-state index is 5.79. The molecule has 1 N–H and O–H groups in total. The van der Waals surface area contributed by atoms with Crippen molar-refractivity contribution in [3.05, 3.63) is 29.8 Å². The molecule has 0 aliphatic rings. The lowest BCUT2D eigenvalue weighted by molar-refractivity contribution is 0.237. The zero-order valence-corrected chi connectivity index (χ0v) is 10.1. The summed E-state index contributed by atoms with van der Waals surface area (Å²) in [7, 11) is 1.99. The number of benzene rings is 1. The minimum atomic E-state index is 0.223. The fraction of sp³-hybridized carbons (Fsp3) is 0.538. The third-order valence-corrected chi connectivity index (χ3v) is 2.41. The van der Waals surface area contributed by atoms with E-state index in [0.717, 1.165) is 12.2 Å². The second-order valence-electron chi connectivity index (χ2n) is 3.95. The van der Waals surface area contributed by atoms with E-state index in [9.17, 15) is 0 Å². The van der Waals surface area contributed by atoms with E-state index >= 15 is 0 Å². The van der Waals surface area contributed by atoms with Crippen molar-refractivity contribution < 1.29 is 4.74 Å². The predicted molar refractivity (Wildman–Crippen MR) is 64.3 cm³/mol. The second-order valence-corrected chi connectivity index (χ2v) is 3.95. The fourth-order valence-electron chi connectivity index (χ4n) is 1.71. The molecule has 1 rings (SSSR count). The Bertz CT molecular complexity index is 292. The first-order chi connectivity index (χ1) is 7.19. The summed E-state index contributed by atoms with van der Waals surface area (Å²) in [5, 5.41) is 3.30. The molecule has 15 heavy (non-hydrogen) atoms.